The third-order valence-electron chi connectivity index (χ3n) is 3.88. The Morgan fingerprint density at radius 3 is 2.16 bits per heavy atom. The smallest absolute Gasteiger partial charge is 0.234 e. The van der Waals surface area contributed by atoms with Gasteiger partial charge in [0, 0.05) is 11.1 Å². The normalized spacial score (nSPS) is 10.2. The molecule has 0 bridgehead atoms. The molecule has 0 aliphatic heterocycles. The number of phenols is 1. The third-order valence-corrected chi connectivity index (χ3v) is 3.88. The SMILES string of the molecule is O=Cc1ccc(-c2ccccc2C(=O)C(=O)c2ccccc2)cc1O. The van der Waals surface area contributed by atoms with E-state index in [1.54, 1.807) is 60.7 Å². The van der Waals surface area contributed by atoms with E-state index in [0.29, 0.717) is 23.0 Å². The van der Waals surface area contributed by atoms with Crippen molar-refractivity contribution in [3.63, 3.8) is 0 Å². The first-order valence-electron chi connectivity index (χ1n) is 7.63. The minimum atomic E-state index is -0.624. The van der Waals surface area contributed by atoms with Gasteiger partial charge in [0.15, 0.2) is 6.29 Å². The molecule has 4 nitrogen and oxygen atoms in total. The quantitative estimate of drug-likeness (QED) is 0.437. The molecule has 0 fully saturated rings. The van der Waals surface area contributed by atoms with Crippen molar-refractivity contribution in [3.05, 3.63) is 89.5 Å². The predicted octanol–water partition coefficient (Wildman–Crippen LogP) is 3.94. The summed E-state index contributed by atoms with van der Waals surface area (Å²) < 4.78 is 0. The number of benzene rings is 3. The molecule has 4 heteroatoms. The van der Waals surface area contributed by atoms with Gasteiger partial charge in [-0.1, -0.05) is 60.7 Å². The van der Waals surface area contributed by atoms with Gasteiger partial charge in [-0.2, -0.15) is 0 Å². The van der Waals surface area contributed by atoms with Crippen molar-refractivity contribution in [2.75, 3.05) is 0 Å². The third kappa shape index (κ3) is 3.23. The molecule has 0 spiro atoms. The number of Topliss-reactive ketones (excluding diaryl/α,β-unsaturated/α-hetero) is 2. The molecule has 0 atom stereocenters. The largest absolute Gasteiger partial charge is 0.507 e. The maximum Gasteiger partial charge on any atom is 0.234 e. The van der Waals surface area contributed by atoms with Gasteiger partial charge in [-0.15, -0.1) is 0 Å². The fourth-order valence-corrected chi connectivity index (χ4v) is 2.59. The minimum Gasteiger partial charge on any atom is -0.507 e. The Kier molecular flexibility index (Phi) is 4.53. The maximum atomic E-state index is 12.7. The van der Waals surface area contributed by atoms with Crippen molar-refractivity contribution in [1.82, 2.24) is 0 Å². The molecular weight excluding hydrogens is 316 g/mol. The van der Waals surface area contributed by atoms with E-state index in [0.717, 1.165) is 0 Å². The molecule has 0 unspecified atom stereocenters. The summed E-state index contributed by atoms with van der Waals surface area (Å²) in [7, 11) is 0. The predicted molar refractivity (Wildman–Crippen MR) is 94.0 cm³/mol. The summed E-state index contributed by atoms with van der Waals surface area (Å²) in [6.07, 6.45) is 0.551. The van der Waals surface area contributed by atoms with Crippen LogP contribution in [0, 0.1) is 0 Å². The lowest BCUT2D eigenvalue weighted by molar-refractivity contribution is 0.0817. The van der Waals surface area contributed by atoms with Crippen LogP contribution in [0.2, 0.25) is 0 Å². The topological polar surface area (TPSA) is 71.4 Å². The zero-order valence-electron chi connectivity index (χ0n) is 13.2. The zero-order valence-corrected chi connectivity index (χ0v) is 13.2. The number of phenolic OH excluding ortho intramolecular Hbond substituents is 1. The van der Waals surface area contributed by atoms with Crippen molar-refractivity contribution in [1.29, 1.82) is 0 Å². The monoisotopic (exact) mass is 330 g/mol. The Labute approximate surface area is 144 Å². The number of aldehydes is 1. The average Bonchev–Trinajstić information content (AvgIpc) is 2.67. The van der Waals surface area contributed by atoms with Crippen molar-refractivity contribution in [2.24, 2.45) is 0 Å². The molecule has 0 saturated heterocycles. The molecule has 0 radical (unpaired) electrons. The Balaban J connectivity index is 2.04. The van der Waals surface area contributed by atoms with Crippen molar-refractivity contribution in [2.45, 2.75) is 0 Å². The molecule has 0 saturated carbocycles. The van der Waals surface area contributed by atoms with Gasteiger partial charge in [0.1, 0.15) is 5.75 Å². The number of aromatic hydroxyl groups is 1. The number of hydrogen-bond donors (Lipinski definition) is 1. The summed E-state index contributed by atoms with van der Waals surface area (Å²) in [6.45, 7) is 0. The molecule has 1 N–H and O–H groups in total. The highest BCUT2D eigenvalue weighted by atomic mass is 16.3. The van der Waals surface area contributed by atoms with Crippen LogP contribution in [0.4, 0.5) is 0 Å². The highest BCUT2D eigenvalue weighted by Crippen LogP contribution is 2.29. The molecule has 0 aliphatic carbocycles. The van der Waals surface area contributed by atoms with Crippen LogP contribution in [-0.2, 0) is 0 Å². The first kappa shape index (κ1) is 16.3. The van der Waals surface area contributed by atoms with Crippen LogP contribution < -0.4 is 0 Å². The van der Waals surface area contributed by atoms with E-state index in [9.17, 15) is 19.5 Å². The Bertz CT molecular complexity index is 959. The van der Waals surface area contributed by atoms with E-state index in [2.05, 4.69) is 0 Å². The van der Waals surface area contributed by atoms with E-state index < -0.39 is 11.6 Å². The van der Waals surface area contributed by atoms with Gasteiger partial charge in [-0.3, -0.25) is 14.4 Å². The summed E-state index contributed by atoms with van der Waals surface area (Å²) in [5, 5.41) is 9.89. The number of hydrogen-bond acceptors (Lipinski definition) is 4. The van der Waals surface area contributed by atoms with Crippen molar-refractivity contribution >= 4 is 17.9 Å². The number of carbonyl (C=O) groups is 3. The van der Waals surface area contributed by atoms with Crippen molar-refractivity contribution < 1.29 is 19.5 Å². The Hall–Kier alpha value is -3.53. The van der Waals surface area contributed by atoms with Gasteiger partial charge < -0.3 is 5.11 Å². The maximum absolute atomic E-state index is 12.7. The molecule has 122 valence electrons. The first-order valence-corrected chi connectivity index (χ1v) is 7.63. The van der Waals surface area contributed by atoms with Crippen LogP contribution in [-0.4, -0.2) is 23.0 Å². The molecular formula is C21H14O4. The van der Waals surface area contributed by atoms with E-state index in [1.807, 2.05) is 0 Å². The van der Waals surface area contributed by atoms with Gasteiger partial charge in [0.05, 0.1) is 5.56 Å². The lowest BCUT2D eigenvalue weighted by Crippen LogP contribution is -2.15. The molecule has 0 heterocycles. The van der Waals surface area contributed by atoms with Crippen LogP contribution >= 0.6 is 0 Å². The van der Waals surface area contributed by atoms with Crippen LogP contribution in [0.15, 0.2) is 72.8 Å². The van der Waals surface area contributed by atoms with Crippen molar-refractivity contribution in [3.8, 4) is 16.9 Å². The Morgan fingerprint density at radius 2 is 1.48 bits per heavy atom. The second-order valence-corrected chi connectivity index (χ2v) is 5.46. The number of ketones is 2. The zero-order chi connectivity index (χ0) is 17.8. The molecule has 25 heavy (non-hydrogen) atoms. The molecule has 3 rings (SSSR count). The fourth-order valence-electron chi connectivity index (χ4n) is 2.59. The fraction of sp³-hybridized carbons (Fsp3) is 0. The average molecular weight is 330 g/mol. The standard InChI is InChI=1S/C21H14O4/c22-13-16-11-10-15(12-19(16)23)17-8-4-5-9-18(17)21(25)20(24)14-6-2-1-3-7-14/h1-13,23H. The van der Waals surface area contributed by atoms with Gasteiger partial charge in [-0.25, -0.2) is 0 Å². The summed E-state index contributed by atoms with van der Waals surface area (Å²) in [4.78, 5) is 36.0. The van der Waals surface area contributed by atoms with E-state index in [1.165, 1.54) is 12.1 Å². The van der Waals surface area contributed by atoms with Crippen LogP contribution in [0.25, 0.3) is 11.1 Å². The van der Waals surface area contributed by atoms with E-state index in [-0.39, 0.29) is 16.9 Å². The highest BCUT2D eigenvalue weighted by Gasteiger charge is 2.21. The first-order chi connectivity index (χ1) is 12.1. The second-order valence-electron chi connectivity index (χ2n) is 5.46. The van der Waals surface area contributed by atoms with E-state index in [4.69, 9.17) is 0 Å². The minimum absolute atomic E-state index is 0.160. The highest BCUT2D eigenvalue weighted by molar-refractivity contribution is 6.50. The van der Waals surface area contributed by atoms with Crippen LogP contribution in [0.5, 0.6) is 5.75 Å². The van der Waals surface area contributed by atoms with Gasteiger partial charge in [-0.05, 0) is 23.3 Å². The summed E-state index contributed by atoms with van der Waals surface area (Å²) in [6, 6.07) is 19.5. The second kappa shape index (κ2) is 6.93. The molecule has 0 aromatic heterocycles. The van der Waals surface area contributed by atoms with Gasteiger partial charge in [0.2, 0.25) is 11.6 Å². The summed E-state index contributed by atoms with van der Waals surface area (Å²) in [5.74, 6) is -1.40. The van der Waals surface area contributed by atoms with E-state index >= 15 is 0 Å². The Morgan fingerprint density at radius 1 is 0.800 bits per heavy atom. The molecule has 0 amide bonds. The lowest BCUT2D eigenvalue weighted by Gasteiger charge is -2.09. The summed E-state index contributed by atoms with van der Waals surface area (Å²) >= 11 is 0. The lowest BCUT2D eigenvalue weighted by atomic mass is 9.93. The van der Waals surface area contributed by atoms with Gasteiger partial charge >= 0.3 is 0 Å². The van der Waals surface area contributed by atoms with Gasteiger partial charge in [0.25, 0.3) is 0 Å². The van der Waals surface area contributed by atoms with Crippen LogP contribution in [0.3, 0.4) is 0 Å². The number of carbonyl (C=O) groups excluding carboxylic acids is 3. The molecule has 0 aliphatic rings. The molecule has 3 aromatic carbocycles. The number of rotatable bonds is 5. The van der Waals surface area contributed by atoms with Crippen LogP contribution in [0.1, 0.15) is 31.1 Å². The molecule has 3 aromatic rings. The summed E-state index contributed by atoms with van der Waals surface area (Å²) in [5.41, 5.74) is 1.79.